The Hall–Kier alpha value is -2.90. The van der Waals surface area contributed by atoms with E-state index in [1.54, 1.807) is 0 Å². The summed E-state index contributed by atoms with van der Waals surface area (Å²) in [5, 5.41) is 4.80. The Morgan fingerprint density at radius 1 is 1.00 bits per heavy atom. The highest BCUT2D eigenvalue weighted by molar-refractivity contribution is 5.95. The lowest BCUT2D eigenvalue weighted by Gasteiger charge is -2.15. The molecule has 31 heavy (non-hydrogen) atoms. The van der Waals surface area contributed by atoms with E-state index in [1.807, 2.05) is 0 Å². The summed E-state index contributed by atoms with van der Waals surface area (Å²) in [6.07, 6.45) is 8.73. The SMILES string of the molecule is [N-]=[N+]=Nc1c(F)c(F)c(C(=O)NCCCCCCN=C=NC2CCCCC2)c(F)c1F. The van der Waals surface area contributed by atoms with Crippen molar-refractivity contribution in [3.8, 4) is 0 Å². The molecular formula is C20H24F4N6O. The number of aliphatic imine (C=N–C) groups is 2. The molecule has 1 fully saturated rings. The van der Waals surface area contributed by atoms with E-state index in [9.17, 15) is 22.4 Å². The summed E-state index contributed by atoms with van der Waals surface area (Å²) in [4.78, 5) is 22.5. The van der Waals surface area contributed by atoms with Gasteiger partial charge in [-0.05, 0) is 31.2 Å². The molecule has 0 bridgehead atoms. The zero-order chi connectivity index (χ0) is 22.6. The molecule has 1 N–H and O–H groups in total. The third-order valence-electron chi connectivity index (χ3n) is 4.98. The second-order valence-electron chi connectivity index (χ2n) is 7.24. The summed E-state index contributed by atoms with van der Waals surface area (Å²) in [6, 6.07) is 3.10. The molecule has 1 aliphatic rings. The van der Waals surface area contributed by atoms with Gasteiger partial charge in [-0.1, -0.05) is 37.2 Å². The van der Waals surface area contributed by atoms with Crippen molar-refractivity contribution in [2.75, 3.05) is 13.1 Å². The van der Waals surface area contributed by atoms with Crippen molar-refractivity contribution in [3.63, 3.8) is 0 Å². The first-order valence-corrected chi connectivity index (χ1v) is 10.3. The van der Waals surface area contributed by atoms with Crippen molar-refractivity contribution in [1.29, 1.82) is 0 Å². The van der Waals surface area contributed by atoms with E-state index < -0.39 is 40.4 Å². The minimum Gasteiger partial charge on any atom is -0.352 e. The zero-order valence-corrected chi connectivity index (χ0v) is 17.0. The lowest BCUT2D eigenvalue weighted by atomic mass is 9.96. The molecule has 0 heterocycles. The molecule has 0 saturated heterocycles. The summed E-state index contributed by atoms with van der Waals surface area (Å²) in [5.41, 5.74) is 5.37. The molecule has 1 aromatic carbocycles. The first-order valence-electron chi connectivity index (χ1n) is 10.3. The Kier molecular flexibility index (Phi) is 10.00. The zero-order valence-electron chi connectivity index (χ0n) is 17.0. The summed E-state index contributed by atoms with van der Waals surface area (Å²) in [5.74, 6) is -8.95. The minimum absolute atomic E-state index is 0.0749. The van der Waals surface area contributed by atoms with E-state index >= 15 is 0 Å². The Morgan fingerprint density at radius 3 is 2.29 bits per heavy atom. The van der Waals surface area contributed by atoms with Gasteiger partial charge < -0.3 is 5.32 Å². The number of carbonyl (C=O) groups is 1. The van der Waals surface area contributed by atoms with Gasteiger partial charge in [-0.3, -0.25) is 4.79 Å². The number of azide groups is 1. The van der Waals surface area contributed by atoms with Crippen molar-refractivity contribution in [3.05, 3.63) is 39.3 Å². The normalized spacial score (nSPS) is 13.8. The Bertz CT molecular complexity index is 859. The molecule has 0 aliphatic heterocycles. The fourth-order valence-electron chi connectivity index (χ4n) is 3.29. The second kappa shape index (κ2) is 12.7. The number of halogens is 4. The maximum atomic E-state index is 13.9. The fourth-order valence-corrected chi connectivity index (χ4v) is 3.29. The van der Waals surface area contributed by atoms with Gasteiger partial charge in [-0.25, -0.2) is 27.5 Å². The van der Waals surface area contributed by atoms with E-state index in [-0.39, 0.29) is 6.54 Å². The van der Waals surface area contributed by atoms with Crippen LogP contribution in [0.5, 0.6) is 0 Å². The molecule has 0 spiro atoms. The van der Waals surface area contributed by atoms with Gasteiger partial charge in [-0.2, -0.15) is 0 Å². The van der Waals surface area contributed by atoms with Crippen molar-refractivity contribution in [2.45, 2.75) is 63.8 Å². The van der Waals surface area contributed by atoms with Crippen LogP contribution in [-0.2, 0) is 0 Å². The smallest absolute Gasteiger partial charge is 0.257 e. The van der Waals surface area contributed by atoms with E-state index in [1.165, 1.54) is 19.3 Å². The maximum absolute atomic E-state index is 13.9. The molecule has 168 valence electrons. The lowest BCUT2D eigenvalue weighted by Crippen LogP contribution is -2.27. The van der Waals surface area contributed by atoms with E-state index in [0.717, 1.165) is 32.1 Å². The molecule has 1 saturated carbocycles. The van der Waals surface area contributed by atoms with Gasteiger partial charge in [0.1, 0.15) is 11.3 Å². The number of carbonyl (C=O) groups excluding carboxylic acids is 1. The molecule has 2 rings (SSSR count). The first-order chi connectivity index (χ1) is 15.0. The summed E-state index contributed by atoms with van der Waals surface area (Å²) < 4.78 is 55.3. The number of benzene rings is 1. The van der Waals surface area contributed by atoms with Crippen LogP contribution >= 0.6 is 0 Å². The van der Waals surface area contributed by atoms with Crippen LogP contribution in [0.4, 0.5) is 23.2 Å². The molecule has 0 unspecified atom stereocenters. The van der Waals surface area contributed by atoms with Crippen LogP contribution in [0.15, 0.2) is 15.1 Å². The highest BCUT2D eigenvalue weighted by Gasteiger charge is 2.28. The summed E-state index contributed by atoms with van der Waals surface area (Å²) >= 11 is 0. The molecule has 1 amide bonds. The molecule has 0 atom stereocenters. The van der Waals surface area contributed by atoms with Crippen LogP contribution in [0.2, 0.25) is 0 Å². The van der Waals surface area contributed by atoms with Gasteiger partial charge in [0.05, 0.1) is 12.1 Å². The van der Waals surface area contributed by atoms with Crippen LogP contribution in [0, 0.1) is 23.3 Å². The standard InChI is InChI=1S/C20H24F4N6O/c21-15-14(16(22)18(24)19(17(15)23)29-30-25)20(31)27-11-7-2-1-6-10-26-12-28-13-8-4-3-5-9-13/h13H,1-11H2,(H,27,31). The third kappa shape index (κ3) is 7.08. The topological polar surface area (TPSA) is 103 Å². The van der Waals surface area contributed by atoms with Crippen molar-refractivity contribution >= 4 is 17.6 Å². The molecular weight excluding hydrogens is 416 g/mol. The van der Waals surface area contributed by atoms with Gasteiger partial charge in [0, 0.05) is 18.0 Å². The molecule has 0 radical (unpaired) electrons. The van der Waals surface area contributed by atoms with E-state index in [4.69, 9.17) is 5.53 Å². The van der Waals surface area contributed by atoms with Crippen LogP contribution in [0.3, 0.4) is 0 Å². The van der Waals surface area contributed by atoms with Gasteiger partial charge in [0.15, 0.2) is 23.3 Å². The van der Waals surface area contributed by atoms with Crippen molar-refractivity contribution < 1.29 is 22.4 Å². The lowest BCUT2D eigenvalue weighted by molar-refractivity contribution is 0.0942. The Morgan fingerprint density at radius 2 is 1.65 bits per heavy atom. The number of nitrogens with one attached hydrogen (secondary N) is 1. The fraction of sp³-hybridized carbons (Fsp3) is 0.600. The number of amides is 1. The van der Waals surface area contributed by atoms with Crippen LogP contribution in [0.1, 0.15) is 68.1 Å². The number of unbranched alkanes of at least 4 members (excludes halogenated alkanes) is 3. The number of rotatable bonds is 10. The third-order valence-corrected chi connectivity index (χ3v) is 4.98. The van der Waals surface area contributed by atoms with Crippen LogP contribution in [-0.4, -0.2) is 31.0 Å². The van der Waals surface area contributed by atoms with Crippen molar-refractivity contribution in [2.24, 2.45) is 15.1 Å². The van der Waals surface area contributed by atoms with Gasteiger partial charge in [0.25, 0.3) is 5.91 Å². The highest BCUT2D eigenvalue weighted by atomic mass is 19.2. The minimum atomic E-state index is -1.92. The van der Waals surface area contributed by atoms with E-state index in [0.29, 0.717) is 19.0 Å². The van der Waals surface area contributed by atoms with Gasteiger partial charge in [0.2, 0.25) is 0 Å². The molecule has 11 heteroatoms. The quantitative estimate of drug-likeness (QED) is 0.0903. The summed E-state index contributed by atoms with van der Waals surface area (Å²) in [7, 11) is 0. The molecule has 7 nitrogen and oxygen atoms in total. The first kappa shape index (κ1) is 24.4. The average molecular weight is 440 g/mol. The molecule has 1 aromatic rings. The number of hydrogen-bond acceptors (Lipinski definition) is 4. The second-order valence-corrected chi connectivity index (χ2v) is 7.24. The molecule has 1 aliphatic carbocycles. The Labute approximate surface area is 177 Å². The predicted molar refractivity (Wildman–Crippen MR) is 107 cm³/mol. The monoisotopic (exact) mass is 440 g/mol. The average Bonchev–Trinajstić information content (AvgIpc) is 2.77. The summed E-state index contributed by atoms with van der Waals surface area (Å²) in [6.45, 7) is 0.667. The van der Waals surface area contributed by atoms with Gasteiger partial charge in [-0.15, -0.1) is 0 Å². The number of nitrogens with zero attached hydrogens (tertiary/aromatic N) is 5. The molecule has 0 aromatic heterocycles. The van der Waals surface area contributed by atoms with Crippen LogP contribution in [0.25, 0.3) is 10.4 Å². The van der Waals surface area contributed by atoms with Gasteiger partial charge >= 0.3 is 0 Å². The maximum Gasteiger partial charge on any atom is 0.257 e. The van der Waals surface area contributed by atoms with E-state index in [2.05, 4.69) is 31.3 Å². The predicted octanol–water partition coefficient (Wildman–Crippen LogP) is 5.98. The highest BCUT2D eigenvalue weighted by Crippen LogP contribution is 2.30. The largest absolute Gasteiger partial charge is 0.352 e. The Balaban J connectivity index is 1.71. The van der Waals surface area contributed by atoms with Crippen molar-refractivity contribution in [1.82, 2.24) is 5.32 Å². The number of hydrogen-bond donors (Lipinski definition) is 1. The van der Waals surface area contributed by atoms with Crippen LogP contribution < -0.4 is 5.32 Å².